The first-order valence-electron chi connectivity index (χ1n) is 6.84. The summed E-state index contributed by atoms with van der Waals surface area (Å²) in [4.78, 5) is 0. The van der Waals surface area contributed by atoms with Gasteiger partial charge in [-0.05, 0) is 24.6 Å². The minimum atomic E-state index is -0.844. The molecule has 1 N–H and O–H groups in total. The molecule has 0 saturated heterocycles. The van der Waals surface area contributed by atoms with Gasteiger partial charge in [0.15, 0.2) is 11.5 Å². The lowest BCUT2D eigenvalue weighted by atomic mass is 10.0. The lowest BCUT2D eigenvalue weighted by molar-refractivity contribution is 0.218. The summed E-state index contributed by atoms with van der Waals surface area (Å²) in [6, 6.07) is 5.44. The van der Waals surface area contributed by atoms with Crippen LogP contribution in [-0.2, 0) is 7.05 Å². The quantitative estimate of drug-likeness (QED) is 0.926. The highest BCUT2D eigenvalue weighted by Gasteiger charge is 2.22. The fraction of sp³-hybridized carbons (Fsp3) is 0.400. The summed E-state index contributed by atoms with van der Waals surface area (Å²) in [6.45, 7) is 3.08. The molecule has 0 bridgehead atoms. The monoisotopic (exact) mass is 308 g/mol. The first-order chi connectivity index (χ1) is 10.1. The van der Waals surface area contributed by atoms with Gasteiger partial charge in [-0.1, -0.05) is 17.7 Å². The number of hydrogen-bond acceptors (Lipinski definition) is 4. The molecule has 1 aliphatic heterocycles. The SMILES string of the molecule is Cc1nn(C)c(Cl)c1C(O)c1ccc2c(c1)OCCCO2. The Labute approximate surface area is 128 Å². The van der Waals surface area contributed by atoms with Crippen LogP contribution in [0.25, 0.3) is 0 Å². The summed E-state index contributed by atoms with van der Waals surface area (Å²) in [7, 11) is 1.75. The molecule has 0 fully saturated rings. The van der Waals surface area contributed by atoms with Crippen molar-refractivity contribution < 1.29 is 14.6 Å². The fourth-order valence-corrected chi connectivity index (χ4v) is 2.75. The maximum Gasteiger partial charge on any atom is 0.161 e. The predicted molar refractivity (Wildman–Crippen MR) is 79.1 cm³/mol. The van der Waals surface area contributed by atoms with Gasteiger partial charge in [-0.2, -0.15) is 5.10 Å². The Morgan fingerprint density at radius 1 is 1.29 bits per heavy atom. The highest BCUT2D eigenvalue weighted by atomic mass is 35.5. The second kappa shape index (κ2) is 5.58. The minimum Gasteiger partial charge on any atom is -0.490 e. The van der Waals surface area contributed by atoms with Crippen molar-refractivity contribution in [3.8, 4) is 11.5 Å². The van der Waals surface area contributed by atoms with E-state index < -0.39 is 6.10 Å². The van der Waals surface area contributed by atoms with Gasteiger partial charge in [0, 0.05) is 19.0 Å². The Bertz CT molecular complexity index is 669. The second-order valence-electron chi connectivity index (χ2n) is 5.07. The Balaban J connectivity index is 1.98. The van der Waals surface area contributed by atoms with Crippen molar-refractivity contribution >= 4 is 11.6 Å². The third-order valence-corrected chi connectivity index (χ3v) is 4.01. The van der Waals surface area contributed by atoms with Crippen LogP contribution in [0.1, 0.15) is 29.3 Å². The number of halogens is 1. The molecule has 1 aromatic carbocycles. The van der Waals surface area contributed by atoms with E-state index in [2.05, 4.69) is 5.10 Å². The van der Waals surface area contributed by atoms with Crippen LogP contribution in [0, 0.1) is 6.92 Å². The summed E-state index contributed by atoms with van der Waals surface area (Å²) in [5.41, 5.74) is 2.04. The second-order valence-corrected chi connectivity index (χ2v) is 5.43. The zero-order chi connectivity index (χ0) is 15.0. The average molecular weight is 309 g/mol. The number of fused-ring (bicyclic) bond motifs is 1. The maximum absolute atomic E-state index is 10.6. The number of aliphatic hydroxyl groups excluding tert-OH is 1. The molecule has 0 aliphatic carbocycles. The lowest BCUT2D eigenvalue weighted by Gasteiger charge is -2.14. The molecule has 0 saturated carbocycles. The fourth-order valence-electron chi connectivity index (χ4n) is 2.47. The third kappa shape index (κ3) is 2.59. The highest BCUT2D eigenvalue weighted by molar-refractivity contribution is 6.30. The number of aliphatic hydroxyl groups is 1. The van der Waals surface area contributed by atoms with Crippen molar-refractivity contribution in [3.05, 3.63) is 40.2 Å². The van der Waals surface area contributed by atoms with Gasteiger partial charge in [0.25, 0.3) is 0 Å². The molecule has 1 aromatic heterocycles. The number of nitrogens with zero attached hydrogens (tertiary/aromatic N) is 2. The van der Waals surface area contributed by atoms with E-state index in [4.69, 9.17) is 21.1 Å². The molecule has 2 heterocycles. The topological polar surface area (TPSA) is 56.5 Å². The molecule has 5 nitrogen and oxygen atoms in total. The third-order valence-electron chi connectivity index (χ3n) is 3.56. The van der Waals surface area contributed by atoms with Crippen molar-refractivity contribution in [2.75, 3.05) is 13.2 Å². The Kier molecular flexibility index (Phi) is 3.78. The molecule has 21 heavy (non-hydrogen) atoms. The van der Waals surface area contributed by atoms with Gasteiger partial charge in [-0.3, -0.25) is 4.68 Å². The summed E-state index contributed by atoms with van der Waals surface area (Å²) < 4.78 is 12.8. The largest absolute Gasteiger partial charge is 0.490 e. The minimum absolute atomic E-state index is 0.437. The average Bonchev–Trinajstić information content (AvgIpc) is 2.66. The van der Waals surface area contributed by atoms with E-state index in [-0.39, 0.29) is 0 Å². The van der Waals surface area contributed by atoms with Gasteiger partial charge < -0.3 is 14.6 Å². The molecule has 1 atom stereocenters. The van der Waals surface area contributed by atoms with Gasteiger partial charge in [0.2, 0.25) is 0 Å². The molecule has 0 radical (unpaired) electrons. The van der Waals surface area contributed by atoms with Crippen LogP contribution in [-0.4, -0.2) is 28.1 Å². The van der Waals surface area contributed by atoms with E-state index in [0.717, 1.165) is 6.42 Å². The summed E-state index contributed by atoms with van der Waals surface area (Å²) in [6.07, 6.45) is 0.00321. The van der Waals surface area contributed by atoms with E-state index in [9.17, 15) is 5.11 Å². The molecule has 0 amide bonds. The lowest BCUT2D eigenvalue weighted by Crippen LogP contribution is -2.02. The number of benzene rings is 1. The van der Waals surface area contributed by atoms with Crippen molar-refractivity contribution in [2.24, 2.45) is 7.05 Å². The van der Waals surface area contributed by atoms with Crippen LogP contribution in [0.3, 0.4) is 0 Å². The van der Waals surface area contributed by atoms with Crippen LogP contribution in [0.5, 0.6) is 11.5 Å². The molecule has 1 unspecified atom stereocenters. The molecule has 3 rings (SSSR count). The zero-order valence-corrected chi connectivity index (χ0v) is 12.7. The maximum atomic E-state index is 10.6. The van der Waals surface area contributed by atoms with E-state index in [1.165, 1.54) is 0 Å². The first kappa shape index (κ1) is 14.2. The van der Waals surface area contributed by atoms with Crippen LogP contribution < -0.4 is 9.47 Å². The van der Waals surface area contributed by atoms with E-state index in [1.807, 2.05) is 19.1 Å². The van der Waals surface area contributed by atoms with Crippen LogP contribution in [0.4, 0.5) is 0 Å². The molecular weight excluding hydrogens is 292 g/mol. The molecule has 2 aromatic rings. The van der Waals surface area contributed by atoms with Gasteiger partial charge in [0.05, 0.1) is 18.9 Å². The summed E-state index contributed by atoms with van der Waals surface area (Å²) >= 11 is 6.21. The molecular formula is C15H17ClN2O3. The Hall–Kier alpha value is -1.72. The van der Waals surface area contributed by atoms with Gasteiger partial charge in [-0.25, -0.2) is 0 Å². The van der Waals surface area contributed by atoms with Crippen molar-refractivity contribution in [2.45, 2.75) is 19.4 Å². The molecule has 1 aliphatic rings. The van der Waals surface area contributed by atoms with Crippen LogP contribution in [0.2, 0.25) is 5.15 Å². The molecule has 6 heteroatoms. The Morgan fingerprint density at radius 2 is 2.00 bits per heavy atom. The van der Waals surface area contributed by atoms with E-state index >= 15 is 0 Å². The summed E-state index contributed by atoms with van der Waals surface area (Å²) in [5.74, 6) is 1.36. The summed E-state index contributed by atoms with van der Waals surface area (Å²) in [5, 5.41) is 15.3. The van der Waals surface area contributed by atoms with E-state index in [1.54, 1.807) is 17.8 Å². The van der Waals surface area contributed by atoms with Crippen molar-refractivity contribution in [1.29, 1.82) is 0 Å². The number of aryl methyl sites for hydroxylation is 2. The van der Waals surface area contributed by atoms with Gasteiger partial charge in [-0.15, -0.1) is 0 Å². The zero-order valence-electron chi connectivity index (χ0n) is 12.0. The van der Waals surface area contributed by atoms with Gasteiger partial charge in [0.1, 0.15) is 11.3 Å². The number of aromatic nitrogens is 2. The first-order valence-corrected chi connectivity index (χ1v) is 7.22. The van der Waals surface area contributed by atoms with Crippen LogP contribution >= 0.6 is 11.6 Å². The van der Waals surface area contributed by atoms with Crippen LogP contribution in [0.15, 0.2) is 18.2 Å². The standard InChI is InChI=1S/C15H17ClN2O3/c1-9-13(15(16)18(2)17-9)14(19)10-4-5-11-12(8-10)21-7-3-6-20-11/h4-5,8,14,19H,3,6-7H2,1-2H3. The smallest absolute Gasteiger partial charge is 0.161 e. The molecule has 0 spiro atoms. The van der Waals surface area contributed by atoms with E-state index in [0.29, 0.717) is 46.7 Å². The number of hydrogen-bond donors (Lipinski definition) is 1. The predicted octanol–water partition coefficient (Wildman–Crippen LogP) is 2.62. The molecule has 112 valence electrons. The normalized spacial score (nSPS) is 15.6. The Morgan fingerprint density at radius 3 is 2.67 bits per heavy atom. The number of ether oxygens (including phenoxy) is 2. The van der Waals surface area contributed by atoms with Crippen molar-refractivity contribution in [1.82, 2.24) is 9.78 Å². The van der Waals surface area contributed by atoms with Crippen molar-refractivity contribution in [3.63, 3.8) is 0 Å². The highest BCUT2D eigenvalue weighted by Crippen LogP contribution is 2.36. The van der Waals surface area contributed by atoms with Gasteiger partial charge >= 0.3 is 0 Å². The number of rotatable bonds is 2.